The molecular formula is C61H94N8O12. The average molecular weight is 1130 g/mol. The molecule has 0 bridgehead atoms. The van der Waals surface area contributed by atoms with Crippen LogP contribution in [0.25, 0.3) is 11.3 Å². The first-order chi connectivity index (χ1) is 38.4. The Morgan fingerprint density at radius 1 is 0.914 bits per heavy atom. The molecule has 5 N–H and O–H groups in total. The number of nitrogens with zero attached hydrogens (tertiary/aromatic N) is 8. The third kappa shape index (κ3) is 15.0. The molecule has 450 valence electrons. The molecular weight excluding hydrogens is 1040 g/mol. The minimum atomic E-state index is -1.99. The Morgan fingerprint density at radius 2 is 1.60 bits per heavy atom. The van der Waals surface area contributed by atoms with Crippen molar-refractivity contribution in [3.63, 3.8) is 0 Å². The molecule has 1 unspecified atom stereocenters. The number of rotatable bonds is 18. The van der Waals surface area contributed by atoms with Crippen molar-refractivity contribution < 1.29 is 58.7 Å². The number of esters is 1. The highest BCUT2D eigenvalue weighted by Gasteiger charge is 2.55. The summed E-state index contributed by atoms with van der Waals surface area (Å²) in [5.74, 6) is -2.16. The summed E-state index contributed by atoms with van der Waals surface area (Å²) in [6.07, 6.45) is 1.41. The van der Waals surface area contributed by atoms with Gasteiger partial charge in [-0.2, -0.15) is 0 Å². The van der Waals surface area contributed by atoms with E-state index in [1.807, 2.05) is 112 Å². The normalized spacial score (nSPS) is 35.4. The molecule has 3 aliphatic heterocycles. The topological polar surface area (TPSA) is 241 Å². The predicted octanol–water partition coefficient (Wildman–Crippen LogP) is 5.67. The van der Waals surface area contributed by atoms with Gasteiger partial charge in [-0.1, -0.05) is 87.2 Å². The molecule has 2 aromatic heterocycles. The van der Waals surface area contributed by atoms with Crippen LogP contribution in [0.3, 0.4) is 0 Å². The van der Waals surface area contributed by atoms with Crippen LogP contribution in [0, 0.1) is 23.7 Å². The van der Waals surface area contributed by atoms with Crippen molar-refractivity contribution in [2.24, 2.45) is 23.7 Å². The number of benzene rings is 2. The van der Waals surface area contributed by atoms with Gasteiger partial charge in [0.05, 0.1) is 79.7 Å². The van der Waals surface area contributed by atoms with Crippen molar-refractivity contribution in [3.8, 4) is 17.0 Å². The Hall–Kier alpha value is -4.71. The van der Waals surface area contributed by atoms with Crippen molar-refractivity contribution >= 4 is 5.97 Å². The number of likely N-dealkylation sites (N-methyl/N-ethyl adjacent to an activating group) is 2. The molecule has 3 fully saturated rings. The standard InChI is InChI=1S/C61H94N8O12/c1-15-52-61(75,16-2)55(71)41(7)67(12)32-37(3)30-59(9,74)57(39(5)54(40(6)58(73)80-52)51-31-60(10,77-14)56(72)42(8)79-51)81-53-29-47(27-38(4)78-53)66(11)26-25-46-34-69(65-62-46)48(36-70)28-43-17-21-45(22-18-43)50-35-68(64-63-50)33-44-19-23-49(76-13)24-20-44/h16-24,34-35,37-42,47-48,51-57,70-72,74-75H,2,15,25-33,36H2,1,3-14H3/t37-,38-,39+,40-,41-,42+,47+,48+,51?,52-,53+,54+,55-,56+,57-,59-,60-,61-/m1/s1. The number of hydrogen-bond acceptors (Lipinski definition) is 18. The minimum Gasteiger partial charge on any atom is -0.497 e. The number of methoxy groups -OCH3 is 2. The lowest BCUT2D eigenvalue weighted by Gasteiger charge is -2.51. The first-order valence-corrected chi connectivity index (χ1v) is 29.1. The summed E-state index contributed by atoms with van der Waals surface area (Å²) < 4.78 is 41.5. The van der Waals surface area contributed by atoms with Crippen LogP contribution in [0.4, 0.5) is 0 Å². The van der Waals surface area contributed by atoms with Crippen LogP contribution in [0.5, 0.6) is 5.75 Å². The van der Waals surface area contributed by atoms with Crippen molar-refractivity contribution in [2.45, 2.75) is 198 Å². The quantitative estimate of drug-likeness (QED) is 0.0596. The number of aliphatic hydroxyl groups excluding tert-OH is 3. The van der Waals surface area contributed by atoms with Crippen LogP contribution in [-0.4, -0.2) is 197 Å². The Bertz CT molecular complexity index is 2620. The van der Waals surface area contributed by atoms with E-state index < -0.39 is 89.5 Å². The summed E-state index contributed by atoms with van der Waals surface area (Å²) in [5, 5.41) is 76.7. The Kier molecular flexibility index (Phi) is 21.6. The Balaban J connectivity index is 1.06. The third-order valence-electron chi connectivity index (χ3n) is 18.1. The molecule has 20 heteroatoms. The van der Waals surface area contributed by atoms with E-state index in [0.29, 0.717) is 38.9 Å². The van der Waals surface area contributed by atoms with E-state index in [2.05, 4.69) is 39.2 Å². The smallest absolute Gasteiger partial charge is 0.309 e. The molecule has 20 nitrogen and oxygen atoms in total. The van der Waals surface area contributed by atoms with Gasteiger partial charge in [0.15, 0.2) is 6.29 Å². The van der Waals surface area contributed by atoms with Gasteiger partial charge in [-0.15, -0.1) is 10.2 Å². The van der Waals surface area contributed by atoms with Gasteiger partial charge in [0.25, 0.3) is 0 Å². The molecule has 3 saturated heterocycles. The maximum atomic E-state index is 14.8. The molecule has 0 radical (unpaired) electrons. The van der Waals surface area contributed by atoms with E-state index in [9.17, 15) is 30.3 Å². The maximum Gasteiger partial charge on any atom is 0.309 e. The molecule has 0 spiro atoms. The number of cyclic esters (lactones) is 1. The lowest BCUT2D eigenvalue weighted by Crippen LogP contribution is -2.61. The zero-order valence-electron chi connectivity index (χ0n) is 50.2. The van der Waals surface area contributed by atoms with Gasteiger partial charge in [0, 0.05) is 69.2 Å². The first kappa shape index (κ1) is 63.9. The molecule has 0 aliphatic carbocycles. The fourth-order valence-corrected chi connectivity index (χ4v) is 13.0. The summed E-state index contributed by atoms with van der Waals surface area (Å²) in [4.78, 5) is 19.0. The molecule has 7 rings (SSSR count). The number of hydrogen-bond donors (Lipinski definition) is 5. The van der Waals surface area contributed by atoms with Gasteiger partial charge < -0.3 is 63.8 Å². The molecule has 4 aromatic rings. The second-order valence-electron chi connectivity index (χ2n) is 24.4. The fraction of sp³-hybridized carbons (Fsp3) is 0.689. The SMILES string of the molecule is C=C[C@]1(O)[C@H](O)[C@@H](C)N(C)C[C@H](C)C[C@@](C)(O)[C@H](O[C@H]2C[C@@H](N(C)CCc3cn([C@H](CO)Cc4ccc(-c5cn(Cc6ccc(OC)cc6)nn5)cc4)nn3)C[C@@H](C)O2)[C@@H](C)[C@H](C2C[C@@](C)(OC)[C@@H](O)[C@H](C)O2)[C@@H](C)C(=O)O[C@@H]1CC. The van der Waals surface area contributed by atoms with Gasteiger partial charge in [-0.05, 0) is 109 Å². The number of carbonyl (C=O) groups excluding carboxylic acids is 1. The van der Waals surface area contributed by atoms with E-state index in [1.165, 1.54) is 6.08 Å². The summed E-state index contributed by atoms with van der Waals surface area (Å²) in [6, 6.07) is 15.1. The Labute approximate surface area is 479 Å². The van der Waals surface area contributed by atoms with Gasteiger partial charge >= 0.3 is 5.97 Å². The first-order valence-electron chi connectivity index (χ1n) is 29.1. The summed E-state index contributed by atoms with van der Waals surface area (Å²) >= 11 is 0. The van der Waals surface area contributed by atoms with Crippen molar-refractivity contribution in [1.29, 1.82) is 0 Å². The van der Waals surface area contributed by atoms with Crippen molar-refractivity contribution in [2.75, 3.05) is 48.0 Å². The summed E-state index contributed by atoms with van der Waals surface area (Å²) in [7, 11) is 7.13. The second kappa shape index (κ2) is 27.3. The third-order valence-corrected chi connectivity index (χ3v) is 18.1. The molecule has 5 heterocycles. The van der Waals surface area contributed by atoms with Crippen LogP contribution in [-0.2, 0) is 47.9 Å². The van der Waals surface area contributed by atoms with Crippen LogP contribution >= 0.6 is 0 Å². The zero-order valence-corrected chi connectivity index (χ0v) is 50.2. The van der Waals surface area contributed by atoms with E-state index in [4.69, 9.17) is 28.4 Å². The lowest BCUT2D eigenvalue weighted by molar-refractivity contribution is -0.275. The highest BCUT2D eigenvalue weighted by molar-refractivity contribution is 5.73. The summed E-state index contributed by atoms with van der Waals surface area (Å²) in [5.41, 5.74) is 0.0789. The van der Waals surface area contributed by atoms with Crippen LogP contribution in [0.15, 0.2) is 73.6 Å². The average Bonchev–Trinajstić information content (AvgIpc) is 4.17. The number of aromatic nitrogens is 6. The van der Waals surface area contributed by atoms with Gasteiger partial charge in [-0.25, -0.2) is 9.36 Å². The highest BCUT2D eigenvalue weighted by atomic mass is 16.7. The van der Waals surface area contributed by atoms with Gasteiger partial charge in [0.2, 0.25) is 0 Å². The molecule has 0 amide bonds. The lowest BCUT2D eigenvalue weighted by atomic mass is 9.68. The molecule has 0 saturated carbocycles. The van der Waals surface area contributed by atoms with E-state index in [1.54, 1.807) is 46.6 Å². The number of carbonyl (C=O) groups is 1. The fourth-order valence-electron chi connectivity index (χ4n) is 13.0. The number of aliphatic hydroxyl groups is 5. The summed E-state index contributed by atoms with van der Waals surface area (Å²) in [6.45, 7) is 22.2. The van der Waals surface area contributed by atoms with Crippen molar-refractivity contribution in [1.82, 2.24) is 39.8 Å². The second-order valence-corrected chi connectivity index (χ2v) is 24.4. The number of ether oxygens (including phenoxy) is 6. The molecule has 18 atom stereocenters. The monoisotopic (exact) mass is 1130 g/mol. The van der Waals surface area contributed by atoms with E-state index >= 15 is 0 Å². The Morgan fingerprint density at radius 3 is 2.25 bits per heavy atom. The molecule has 81 heavy (non-hydrogen) atoms. The maximum absolute atomic E-state index is 14.8. The molecule has 3 aliphatic rings. The highest BCUT2D eigenvalue weighted by Crippen LogP contribution is 2.45. The zero-order chi connectivity index (χ0) is 59.1. The van der Waals surface area contributed by atoms with E-state index in [-0.39, 0.29) is 50.0 Å². The van der Waals surface area contributed by atoms with Gasteiger partial charge in [0.1, 0.15) is 35.4 Å². The van der Waals surface area contributed by atoms with Crippen LogP contribution in [0.2, 0.25) is 0 Å². The van der Waals surface area contributed by atoms with Crippen molar-refractivity contribution in [3.05, 3.63) is 90.4 Å². The largest absolute Gasteiger partial charge is 0.497 e. The molecule has 2 aromatic carbocycles. The van der Waals surface area contributed by atoms with E-state index in [0.717, 1.165) is 40.2 Å². The van der Waals surface area contributed by atoms with Crippen LogP contribution in [0.1, 0.15) is 117 Å². The van der Waals surface area contributed by atoms with Crippen LogP contribution < -0.4 is 4.74 Å². The van der Waals surface area contributed by atoms with Gasteiger partial charge in [-0.3, -0.25) is 4.79 Å². The predicted molar refractivity (Wildman–Crippen MR) is 306 cm³/mol. The minimum absolute atomic E-state index is 0.0219.